The van der Waals surface area contributed by atoms with Crippen molar-refractivity contribution in [1.82, 2.24) is 0 Å². The predicted octanol–water partition coefficient (Wildman–Crippen LogP) is 2.88. The highest BCUT2D eigenvalue weighted by Gasteiger charge is 1.96. The second-order valence-corrected chi connectivity index (χ2v) is 5.28. The summed E-state index contributed by atoms with van der Waals surface area (Å²) < 4.78 is 21.1. The van der Waals surface area contributed by atoms with Crippen molar-refractivity contribution in [2.24, 2.45) is 0 Å². The monoisotopic (exact) mass is 236 g/mol. The molecule has 0 N–H and O–H groups in total. The fraction of sp³-hybridized carbons (Fsp3) is 0. The standard InChI is InChI=1S/C8H6Cl2O2S/c9-8-3-1-2-7(6-8)4-5-13(10,11)12/h1-6H. The van der Waals surface area contributed by atoms with Crippen molar-refractivity contribution in [3.8, 4) is 0 Å². The summed E-state index contributed by atoms with van der Waals surface area (Å²) in [5.41, 5.74) is 0.691. The van der Waals surface area contributed by atoms with Gasteiger partial charge in [0.15, 0.2) is 0 Å². The molecule has 0 saturated heterocycles. The Morgan fingerprint density at radius 2 is 2.00 bits per heavy atom. The highest BCUT2D eigenvalue weighted by Crippen LogP contribution is 2.12. The van der Waals surface area contributed by atoms with Crippen LogP contribution in [0.5, 0.6) is 0 Å². The number of halogens is 2. The largest absolute Gasteiger partial charge is 0.254 e. The van der Waals surface area contributed by atoms with E-state index in [0.717, 1.165) is 5.41 Å². The van der Waals surface area contributed by atoms with E-state index in [1.54, 1.807) is 24.3 Å². The molecule has 0 heterocycles. The molecule has 0 atom stereocenters. The molecule has 0 radical (unpaired) electrons. The van der Waals surface area contributed by atoms with Crippen molar-refractivity contribution < 1.29 is 8.42 Å². The van der Waals surface area contributed by atoms with Gasteiger partial charge in [0.2, 0.25) is 0 Å². The third-order valence-electron chi connectivity index (χ3n) is 1.27. The van der Waals surface area contributed by atoms with Crippen LogP contribution in [0, 0.1) is 0 Å². The summed E-state index contributed by atoms with van der Waals surface area (Å²) in [5.74, 6) is 0. The van der Waals surface area contributed by atoms with Crippen LogP contribution in [-0.4, -0.2) is 8.42 Å². The molecule has 0 amide bonds. The SMILES string of the molecule is O=S(=O)(Cl)C=Cc1cccc(Cl)c1. The van der Waals surface area contributed by atoms with Gasteiger partial charge in [0.1, 0.15) is 0 Å². The van der Waals surface area contributed by atoms with E-state index in [1.807, 2.05) is 0 Å². The fourth-order valence-electron chi connectivity index (χ4n) is 0.770. The number of rotatable bonds is 2. The molecule has 0 aliphatic rings. The normalized spacial score (nSPS) is 12.2. The summed E-state index contributed by atoms with van der Waals surface area (Å²) >= 11 is 5.68. The number of hydrogen-bond donors (Lipinski definition) is 0. The Bertz CT molecular complexity index is 424. The first-order chi connectivity index (χ1) is 5.97. The van der Waals surface area contributed by atoms with E-state index >= 15 is 0 Å². The van der Waals surface area contributed by atoms with E-state index in [9.17, 15) is 8.42 Å². The summed E-state index contributed by atoms with van der Waals surface area (Å²) in [4.78, 5) is 0. The summed E-state index contributed by atoms with van der Waals surface area (Å²) in [5, 5.41) is 1.47. The van der Waals surface area contributed by atoms with Crippen molar-refractivity contribution in [3.63, 3.8) is 0 Å². The quantitative estimate of drug-likeness (QED) is 0.741. The lowest BCUT2D eigenvalue weighted by Gasteiger charge is -1.92. The van der Waals surface area contributed by atoms with Crippen LogP contribution in [0.4, 0.5) is 0 Å². The van der Waals surface area contributed by atoms with Gasteiger partial charge in [-0.05, 0) is 23.8 Å². The summed E-state index contributed by atoms with van der Waals surface area (Å²) in [6, 6.07) is 6.79. The van der Waals surface area contributed by atoms with Gasteiger partial charge in [-0.2, -0.15) is 0 Å². The van der Waals surface area contributed by atoms with Crippen LogP contribution in [0.25, 0.3) is 6.08 Å². The highest BCUT2D eigenvalue weighted by molar-refractivity contribution is 8.16. The van der Waals surface area contributed by atoms with Gasteiger partial charge in [-0.25, -0.2) is 8.42 Å². The molecule has 0 unspecified atom stereocenters. The van der Waals surface area contributed by atoms with Crippen LogP contribution in [-0.2, 0) is 9.05 Å². The average molecular weight is 237 g/mol. The van der Waals surface area contributed by atoms with E-state index in [-0.39, 0.29) is 0 Å². The zero-order valence-corrected chi connectivity index (χ0v) is 8.77. The van der Waals surface area contributed by atoms with E-state index in [0.29, 0.717) is 10.6 Å². The lowest BCUT2D eigenvalue weighted by atomic mass is 10.2. The minimum Gasteiger partial charge on any atom is -0.208 e. The van der Waals surface area contributed by atoms with E-state index in [2.05, 4.69) is 0 Å². The molecular weight excluding hydrogens is 231 g/mol. The topological polar surface area (TPSA) is 34.1 Å². The molecule has 2 nitrogen and oxygen atoms in total. The fourth-order valence-corrected chi connectivity index (χ4v) is 1.44. The van der Waals surface area contributed by atoms with Gasteiger partial charge in [0.25, 0.3) is 9.05 Å². The first kappa shape index (κ1) is 10.6. The van der Waals surface area contributed by atoms with Crippen LogP contribution in [0.2, 0.25) is 5.02 Å². The van der Waals surface area contributed by atoms with Gasteiger partial charge >= 0.3 is 0 Å². The van der Waals surface area contributed by atoms with Gasteiger partial charge in [0, 0.05) is 21.1 Å². The number of benzene rings is 1. The van der Waals surface area contributed by atoms with Crippen LogP contribution >= 0.6 is 22.3 Å². The Kier molecular flexibility index (Phi) is 3.36. The number of hydrogen-bond acceptors (Lipinski definition) is 2. The highest BCUT2D eigenvalue weighted by atomic mass is 35.7. The molecule has 0 spiro atoms. The van der Waals surface area contributed by atoms with Crippen LogP contribution < -0.4 is 0 Å². The van der Waals surface area contributed by atoms with E-state index in [1.165, 1.54) is 6.08 Å². The lowest BCUT2D eigenvalue weighted by molar-refractivity contribution is 0.617. The van der Waals surface area contributed by atoms with Gasteiger partial charge in [-0.3, -0.25) is 0 Å². The van der Waals surface area contributed by atoms with Crippen molar-refractivity contribution in [2.45, 2.75) is 0 Å². The zero-order chi connectivity index (χ0) is 9.90. The maximum Gasteiger partial charge on any atom is 0.254 e. The molecule has 0 bridgehead atoms. The molecule has 5 heteroatoms. The minimum atomic E-state index is -3.59. The summed E-state index contributed by atoms with van der Waals surface area (Å²) in [7, 11) is 1.39. The first-order valence-electron chi connectivity index (χ1n) is 3.36. The predicted molar refractivity (Wildman–Crippen MR) is 55.3 cm³/mol. The Balaban J connectivity index is 2.93. The molecule has 1 rings (SSSR count). The summed E-state index contributed by atoms with van der Waals surface area (Å²) in [6.07, 6.45) is 1.38. The molecule has 1 aromatic rings. The van der Waals surface area contributed by atoms with Crippen molar-refractivity contribution in [3.05, 3.63) is 40.3 Å². The van der Waals surface area contributed by atoms with Crippen LogP contribution in [0.3, 0.4) is 0 Å². The van der Waals surface area contributed by atoms with Gasteiger partial charge in [0.05, 0.1) is 0 Å². The third-order valence-corrected chi connectivity index (χ3v) is 2.28. The minimum absolute atomic E-state index is 0.550. The van der Waals surface area contributed by atoms with E-state index < -0.39 is 9.05 Å². The molecule has 13 heavy (non-hydrogen) atoms. The first-order valence-corrected chi connectivity index (χ1v) is 6.11. The van der Waals surface area contributed by atoms with Gasteiger partial charge in [-0.15, -0.1) is 0 Å². The molecule has 0 saturated carbocycles. The summed E-state index contributed by atoms with van der Waals surface area (Å²) in [6.45, 7) is 0. The molecule has 0 aliphatic carbocycles. The van der Waals surface area contributed by atoms with Crippen LogP contribution in [0.15, 0.2) is 29.7 Å². The second kappa shape index (κ2) is 4.13. The average Bonchev–Trinajstić information content (AvgIpc) is 2.00. The smallest absolute Gasteiger partial charge is 0.208 e. The van der Waals surface area contributed by atoms with Gasteiger partial charge in [-0.1, -0.05) is 23.7 Å². The van der Waals surface area contributed by atoms with E-state index in [4.69, 9.17) is 22.3 Å². The molecule has 0 aliphatic heterocycles. The molecule has 0 aromatic heterocycles. The van der Waals surface area contributed by atoms with Crippen molar-refractivity contribution in [2.75, 3.05) is 0 Å². The maximum absolute atomic E-state index is 10.5. The van der Waals surface area contributed by atoms with Gasteiger partial charge < -0.3 is 0 Å². The maximum atomic E-state index is 10.5. The zero-order valence-electron chi connectivity index (χ0n) is 6.44. The molecular formula is C8H6Cl2O2S. The Labute approximate surface area is 86.2 Å². The van der Waals surface area contributed by atoms with Crippen LogP contribution in [0.1, 0.15) is 5.56 Å². The molecule has 0 fully saturated rings. The second-order valence-electron chi connectivity index (χ2n) is 2.33. The lowest BCUT2D eigenvalue weighted by Crippen LogP contribution is -1.79. The Hall–Kier alpha value is -0.510. The molecule has 70 valence electrons. The Morgan fingerprint density at radius 3 is 2.54 bits per heavy atom. The third kappa shape index (κ3) is 4.31. The van der Waals surface area contributed by atoms with Crippen molar-refractivity contribution >= 4 is 37.4 Å². The van der Waals surface area contributed by atoms with Crippen molar-refractivity contribution in [1.29, 1.82) is 0 Å². The Morgan fingerprint density at radius 1 is 1.31 bits per heavy atom. The molecule has 1 aromatic carbocycles.